The maximum absolute atomic E-state index is 5.42. The molecule has 0 aliphatic rings. The first-order valence-electron chi connectivity index (χ1n) is 5.60. The molecule has 4 nitrogen and oxygen atoms in total. The lowest BCUT2D eigenvalue weighted by Gasteiger charge is -2.05. The van der Waals surface area contributed by atoms with E-state index in [-0.39, 0.29) is 0 Å². The van der Waals surface area contributed by atoms with Crippen molar-refractivity contribution in [3.05, 3.63) is 30.1 Å². The Labute approximate surface area is 97.0 Å². The Kier molecular flexibility index (Phi) is 7.59. The predicted octanol–water partition coefficient (Wildman–Crippen LogP) is 1.22. The molecule has 0 saturated carbocycles. The van der Waals surface area contributed by atoms with E-state index in [1.54, 1.807) is 13.3 Å². The fourth-order valence-electron chi connectivity index (χ4n) is 1.29. The molecule has 0 bridgehead atoms. The molecule has 0 amide bonds. The van der Waals surface area contributed by atoms with Gasteiger partial charge in [0.15, 0.2) is 0 Å². The molecule has 0 radical (unpaired) electrons. The predicted molar refractivity (Wildman–Crippen MR) is 63.3 cm³/mol. The third kappa shape index (κ3) is 6.50. The van der Waals surface area contributed by atoms with Gasteiger partial charge in [0.2, 0.25) is 0 Å². The zero-order valence-corrected chi connectivity index (χ0v) is 9.82. The van der Waals surface area contributed by atoms with E-state index < -0.39 is 0 Å². The highest BCUT2D eigenvalue weighted by Crippen LogP contribution is 1.93. The normalized spacial score (nSPS) is 10.6. The third-order valence-electron chi connectivity index (χ3n) is 2.11. The van der Waals surface area contributed by atoms with Gasteiger partial charge >= 0.3 is 0 Å². The molecule has 1 rings (SSSR count). The number of hydrogen-bond donors (Lipinski definition) is 1. The first kappa shape index (κ1) is 13.1. The zero-order valence-electron chi connectivity index (χ0n) is 9.82. The first-order valence-corrected chi connectivity index (χ1v) is 5.60. The van der Waals surface area contributed by atoms with Crippen molar-refractivity contribution in [1.29, 1.82) is 0 Å². The van der Waals surface area contributed by atoms with E-state index >= 15 is 0 Å². The Morgan fingerprint density at radius 1 is 1.31 bits per heavy atom. The van der Waals surface area contributed by atoms with Crippen LogP contribution < -0.4 is 5.32 Å². The minimum absolute atomic E-state index is 0.740. The molecule has 0 spiro atoms. The molecule has 0 fully saturated rings. The van der Waals surface area contributed by atoms with Crippen molar-refractivity contribution in [2.75, 3.05) is 33.5 Å². The van der Waals surface area contributed by atoms with Crippen molar-refractivity contribution in [2.24, 2.45) is 0 Å². The summed E-state index contributed by atoms with van der Waals surface area (Å²) >= 11 is 0. The number of hydrogen-bond acceptors (Lipinski definition) is 4. The summed E-state index contributed by atoms with van der Waals surface area (Å²) in [6.45, 7) is 3.98. The summed E-state index contributed by atoms with van der Waals surface area (Å²) in [6, 6.07) is 4.00. The fraction of sp³-hybridized carbons (Fsp3) is 0.583. The van der Waals surface area contributed by atoms with Crippen LogP contribution in [0.25, 0.3) is 0 Å². The van der Waals surface area contributed by atoms with Crippen LogP contribution in [0.4, 0.5) is 0 Å². The maximum Gasteiger partial charge on any atom is 0.0591 e. The van der Waals surface area contributed by atoms with Crippen LogP contribution in [0.1, 0.15) is 12.0 Å². The number of methoxy groups -OCH3 is 1. The molecule has 0 atom stereocenters. The summed E-state index contributed by atoms with van der Waals surface area (Å²) in [7, 11) is 1.70. The number of pyridine rings is 1. The van der Waals surface area contributed by atoms with Gasteiger partial charge in [-0.25, -0.2) is 0 Å². The molecule has 0 aliphatic carbocycles. The van der Waals surface area contributed by atoms with Crippen molar-refractivity contribution in [3.8, 4) is 0 Å². The van der Waals surface area contributed by atoms with Gasteiger partial charge in [-0.05, 0) is 18.1 Å². The van der Waals surface area contributed by atoms with E-state index in [2.05, 4.69) is 16.4 Å². The van der Waals surface area contributed by atoms with Gasteiger partial charge in [0.05, 0.1) is 6.61 Å². The van der Waals surface area contributed by atoms with Crippen molar-refractivity contribution in [2.45, 2.75) is 13.0 Å². The highest BCUT2D eigenvalue weighted by molar-refractivity contribution is 5.07. The Hall–Kier alpha value is -0.970. The Morgan fingerprint density at radius 2 is 2.25 bits per heavy atom. The smallest absolute Gasteiger partial charge is 0.0591 e. The summed E-state index contributed by atoms with van der Waals surface area (Å²) in [6.07, 6.45) is 4.61. The van der Waals surface area contributed by atoms with Crippen LogP contribution in [-0.4, -0.2) is 38.5 Å². The van der Waals surface area contributed by atoms with Gasteiger partial charge < -0.3 is 14.8 Å². The summed E-state index contributed by atoms with van der Waals surface area (Å²) in [5.74, 6) is 0. The van der Waals surface area contributed by atoms with Gasteiger partial charge in [-0.3, -0.25) is 4.98 Å². The van der Waals surface area contributed by atoms with Crippen molar-refractivity contribution in [3.63, 3.8) is 0 Å². The quantitative estimate of drug-likeness (QED) is 0.641. The van der Waals surface area contributed by atoms with Crippen molar-refractivity contribution < 1.29 is 9.47 Å². The lowest BCUT2D eigenvalue weighted by Crippen LogP contribution is -2.19. The minimum Gasteiger partial charge on any atom is -0.385 e. The topological polar surface area (TPSA) is 43.4 Å². The van der Waals surface area contributed by atoms with Crippen LogP contribution in [-0.2, 0) is 16.0 Å². The van der Waals surface area contributed by atoms with Gasteiger partial charge in [0.1, 0.15) is 0 Å². The van der Waals surface area contributed by atoms with E-state index in [0.29, 0.717) is 0 Å². The van der Waals surface area contributed by atoms with Crippen LogP contribution in [0.2, 0.25) is 0 Å². The number of rotatable bonds is 9. The van der Waals surface area contributed by atoms with Crippen LogP contribution >= 0.6 is 0 Å². The average Bonchev–Trinajstić information content (AvgIpc) is 2.34. The third-order valence-corrected chi connectivity index (χ3v) is 2.11. The molecular weight excluding hydrogens is 204 g/mol. The fourth-order valence-corrected chi connectivity index (χ4v) is 1.29. The second-order valence-electron chi connectivity index (χ2n) is 3.50. The molecular formula is C12H20N2O2. The molecule has 1 aromatic heterocycles. The molecule has 16 heavy (non-hydrogen) atoms. The number of ether oxygens (including phenoxy) is 2. The molecule has 1 heterocycles. The van der Waals surface area contributed by atoms with Crippen molar-refractivity contribution in [1.82, 2.24) is 10.3 Å². The van der Waals surface area contributed by atoms with Crippen LogP contribution in [0.3, 0.4) is 0 Å². The Bertz CT molecular complexity index is 254. The number of aromatic nitrogens is 1. The molecule has 0 aromatic carbocycles. The summed E-state index contributed by atoms with van der Waals surface area (Å²) in [4.78, 5) is 4.05. The van der Waals surface area contributed by atoms with E-state index in [9.17, 15) is 0 Å². The Morgan fingerprint density at radius 3 is 3.00 bits per heavy atom. The standard InChI is InChI=1S/C12H20N2O2/c1-15-7-3-8-16-9-6-14-11-12-4-2-5-13-10-12/h2,4-5,10,14H,3,6-9,11H2,1H3. The SMILES string of the molecule is COCCCOCCNCc1cccnc1. The van der Waals surface area contributed by atoms with Crippen LogP contribution in [0, 0.1) is 0 Å². The molecule has 1 N–H and O–H groups in total. The van der Waals surface area contributed by atoms with Crippen LogP contribution in [0.5, 0.6) is 0 Å². The summed E-state index contributed by atoms with van der Waals surface area (Å²) in [5.41, 5.74) is 1.20. The van der Waals surface area contributed by atoms with Gasteiger partial charge in [-0.15, -0.1) is 0 Å². The second kappa shape index (κ2) is 9.27. The molecule has 0 saturated heterocycles. The van der Waals surface area contributed by atoms with E-state index in [1.165, 1.54) is 5.56 Å². The van der Waals surface area contributed by atoms with Gasteiger partial charge in [0, 0.05) is 45.8 Å². The maximum atomic E-state index is 5.42. The molecule has 0 unspecified atom stereocenters. The van der Waals surface area contributed by atoms with E-state index in [4.69, 9.17) is 9.47 Å². The highest BCUT2D eigenvalue weighted by Gasteiger charge is 1.92. The second-order valence-corrected chi connectivity index (χ2v) is 3.50. The molecule has 4 heteroatoms. The number of nitrogens with zero attached hydrogens (tertiary/aromatic N) is 1. The Balaban J connectivity index is 1.89. The monoisotopic (exact) mass is 224 g/mol. The van der Waals surface area contributed by atoms with Crippen LogP contribution in [0.15, 0.2) is 24.5 Å². The summed E-state index contributed by atoms with van der Waals surface area (Å²) in [5, 5.41) is 3.30. The molecule has 1 aromatic rings. The zero-order chi connectivity index (χ0) is 11.5. The van der Waals surface area contributed by atoms with E-state index in [1.807, 2.05) is 12.3 Å². The number of nitrogens with one attached hydrogen (secondary N) is 1. The first-order chi connectivity index (χ1) is 7.93. The molecule has 90 valence electrons. The average molecular weight is 224 g/mol. The summed E-state index contributed by atoms with van der Waals surface area (Å²) < 4.78 is 10.3. The lowest BCUT2D eigenvalue weighted by atomic mass is 10.3. The molecule has 0 aliphatic heterocycles. The minimum atomic E-state index is 0.740. The van der Waals surface area contributed by atoms with Gasteiger partial charge in [-0.2, -0.15) is 0 Å². The highest BCUT2D eigenvalue weighted by atomic mass is 16.5. The van der Waals surface area contributed by atoms with E-state index in [0.717, 1.165) is 39.3 Å². The van der Waals surface area contributed by atoms with Gasteiger partial charge in [-0.1, -0.05) is 6.07 Å². The van der Waals surface area contributed by atoms with Crippen molar-refractivity contribution >= 4 is 0 Å². The van der Waals surface area contributed by atoms with Gasteiger partial charge in [0.25, 0.3) is 0 Å². The largest absolute Gasteiger partial charge is 0.385 e. The lowest BCUT2D eigenvalue weighted by molar-refractivity contribution is 0.104.